The molecule has 1 aromatic carbocycles. The molecule has 0 bridgehead atoms. The summed E-state index contributed by atoms with van der Waals surface area (Å²) in [6.45, 7) is 22.3. The van der Waals surface area contributed by atoms with Gasteiger partial charge < -0.3 is 20.3 Å². The number of aryl methyl sites for hydroxylation is 2. The van der Waals surface area contributed by atoms with Crippen LogP contribution in [0.25, 0.3) is 0 Å². The lowest BCUT2D eigenvalue weighted by molar-refractivity contribution is -0.146. The number of ether oxygens (including phenoxy) is 1. The molecule has 222 valence electrons. The fraction of sp³-hybridized carbons (Fsp3) is 0.719. The third kappa shape index (κ3) is 11.2. The average molecular weight is 546 g/mol. The van der Waals surface area contributed by atoms with Crippen LogP contribution in [0.3, 0.4) is 0 Å². The van der Waals surface area contributed by atoms with Gasteiger partial charge in [-0.1, -0.05) is 71.2 Å². The zero-order valence-electron chi connectivity index (χ0n) is 26.4. The van der Waals surface area contributed by atoms with E-state index in [1.807, 2.05) is 52.8 Å². The molecule has 39 heavy (non-hydrogen) atoms. The van der Waals surface area contributed by atoms with Gasteiger partial charge in [0.25, 0.3) is 0 Å². The van der Waals surface area contributed by atoms with Crippen molar-refractivity contribution in [3.8, 4) is 0 Å². The van der Waals surface area contributed by atoms with Gasteiger partial charge in [-0.2, -0.15) is 0 Å². The molecule has 1 rings (SSSR count). The Hall–Kier alpha value is -2.57. The van der Waals surface area contributed by atoms with E-state index in [-0.39, 0.29) is 23.8 Å². The Morgan fingerprint density at radius 1 is 1.00 bits per heavy atom. The smallest absolute Gasteiger partial charge is 0.408 e. The molecule has 0 aromatic heterocycles. The van der Waals surface area contributed by atoms with Crippen molar-refractivity contribution in [3.63, 3.8) is 0 Å². The summed E-state index contributed by atoms with van der Waals surface area (Å²) in [5.74, 6) is -0.163. The highest BCUT2D eigenvalue weighted by Crippen LogP contribution is 2.31. The highest BCUT2D eigenvalue weighted by Gasteiger charge is 2.40. The van der Waals surface area contributed by atoms with Crippen molar-refractivity contribution in [1.29, 1.82) is 0 Å². The van der Waals surface area contributed by atoms with E-state index in [0.29, 0.717) is 18.9 Å². The van der Waals surface area contributed by atoms with Crippen LogP contribution in [0, 0.1) is 25.7 Å². The zero-order valence-corrected chi connectivity index (χ0v) is 26.4. The summed E-state index contributed by atoms with van der Waals surface area (Å²) >= 11 is 0. The van der Waals surface area contributed by atoms with Gasteiger partial charge in [0.1, 0.15) is 17.7 Å². The number of nitrogens with one attached hydrogen (secondary N) is 2. The number of unbranched alkanes of at least 4 members (excludes halogenated alkanes) is 1. The van der Waals surface area contributed by atoms with Gasteiger partial charge in [-0.05, 0) is 83.8 Å². The average Bonchev–Trinajstić information content (AvgIpc) is 2.84. The lowest BCUT2D eigenvalue weighted by atomic mass is 9.91. The maximum Gasteiger partial charge on any atom is 0.408 e. The molecular weight excluding hydrogens is 490 g/mol. The Morgan fingerprint density at radius 3 is 2.18 bits per heavy atom. The summed E-state index contributed by atoms with van der Waals surface area (Å²) in [7, 11) is 0. The van der Waals surface area contributed by atoms with E-state index in [2.05, 4.69) is 31.4 Å². The molecule has 0 aliphatic rings. The molecule has 0 fully saturated rings. The molecule has 0 saturated carbocycles. The summed E-state index contributed by atoms with van der Waals surface area (Å²) in [5, 5.41) is 5.96. The first-order valence-corrected chi connectivity index (χ1v) is 14.8. The summed E-state index contributed by atoms with van der Waals surface area (Å²) in [4.78, 5) is 43.1. The van der Waals surface area contributed by atoms with Crippen LogP contribution in [0.5, 0.6) is 0 Å². The Labute approximate surface area is 237 Å². The highest BCUT2D eigenvalue weighted by molar-refractivity contribution is 5.92. The normalized spacial score (nSPS) is 14.8. The summed E-state index contributed by atoms with van der Waals surface area (Å²) in [6, 6.07) is 4.16. The minimum absolute atomic E-state index is 0.160. The van der Waals surface area contributed by atoms with Crippen molar-refractivity contribution in [2.24, 2.45) is 11.8 Å². The molecule has 0 spiro atoms. The number of rotatable bonds is 14. The Morgan fingerprint density at radius 2 is 1.64 bits per heavy atom. The zero-order chi connectivity index (χ0) is 29.9. The second kappa shape index (κ2) is 15.9. The van der Waals surface area contributed by atoms with Crippen LogP contribution >= 0.6 is 0 Å². The lowest BCUT2D eigenvalue weighted by Crippen LogP contribution is -2.57. The first-order chi connectivity index (χ1) is 18.1. The molecule has 7 nitrogen and oxygen atoms in total. The first-order valence-electron chi connectivity index (χ1n) is 14.8. The standard InChI is InChI=1S/C32H55N3O4/c1-12-14-19-33-29(36)28(26-20-22(5)16-17-24(26)7)35(25(8)18-15-21(3)4)30(37)27(23(6)13-2)34-31(38)39-32(9,10)11/h16-17,20-21,23,25,27-28H,12-15,18-19H2,1-11H3,(H,33,36)(H,34,38). The first kappa shape index (κ1) is 34.5. The molecule has 4 atom stereocenters. The predicted molar refractivity (Wildman–Crippen MR) is 160 cm³/mol. The highest BCUT2D eigenvalue weighted by atomic mass is 16.6. The fourth-order valence-electron chi connectivity index (χ4n) is 4.55. The van der Waals surface area contributed by atoms with Gasteiger partial charge in [0.15, 0.2) is 0 Å². The van der Waals surface area contributed by atoms with Gasteiger partial charge in [0.2, 0.25) is 11.8 Å². The number of carbonyl (C=O) groups excluding carboxylic acids is 3. The summed E-state index contributed by atoms with van der Waals surface area (Å²) < 4.78 is 5.53. The summed E-state index contributed by atoms with van der Waals surface area (Å²) in [6.07, 6.45) is 3.51. The van der Waals surface area contributed by atoms with Crippen molar-refractivity contribution < 1.29 is 19.1 Å². The number of benzene rings is 1. The van der Waals surface area contributed by atoms with Gasteiger partial charge in [0.05, 0.1) is 0 Å². The van der Waals surface area contributed by atoms with Crippen LogP contribution in [-0.2, 0) is 14.3 Å². The quantitative estimate of drug-likeness (QED) is 0.250. The number of amides is 3. The van der Waals surface area contributed by atoms with Crippen LogP contribution < -0.4 is 10.6 Å². The molecular formula is C32H55N3O4. The Bertz CT molecular complexity index is 938. The summed E-state index contributed by atoms with van der Waals surface area (Å²) in [5.41, 5.74) is 2.09. The second-order valence-electron chi connectivity index (χ2n) is 12.5. The van der Waals surface area contributed by atoms with Crippen LogP contribution in [0.2, 0.25) is 0 Å². The van der Waals surface area contributed by atoms with Crippen LogP contribution in [-0.4, -0.2) is 47.0 Å². The third-order valence-electron chi connectivity index (χ3n) is 7.13. The lowest BCUT2D eigenvalue weighted by Gasteiger charge is -2.40. The SMILES string of the molecule is CCCCNC(=O)C(c1cc(C)ccc1C)N(C(=O)C(NC(=O)OC(C)(C)C)C(C)CC)C(C)CCC(C)C. The molecule has 3 amide bonds. The molecule has 0 radical (unpaired) electrons. The largest absolute Gasteiger partial charge is 0.444 e. The molecule has 1 aromatic rings. The minimum atomic E-state index is -0.831. The molecule has 2 N–H and O–H groups in total. The molecule has 4 unspecified atom stereocenters. The van der Waals surface area contributed by atoms with Crippen molar-refractivity contribution in [2.45, 2.75) is 132 Å². The van der Waals surface area contributed by atoms with Crippen LogP contribution in [0.15, 0.2) is 18.2 Å². The molecule has 0 aliphatic carbocycles. The maximum atomic E-state index is 14.6. The Kier molecular flexibility index (Phi) is 14.0. The number of carbonyl (C=O) groups is 3. The number of alkyl carbamates (subject to hydrolysis) is 1. The number of hydrogen-bond acceptors (Lipinski definition) is 4. The van der Waals surface area contributed by atoms with Gasteiger partial charge in [-0.3, -0.25) is 9.59 Å². The third-order valence-corrected chi connectivity index (χ3v) is 7.13. The van der Waals surface area contributed by atoms with E-state index in [0.717, 1.165) is 42.4 Å². The van der Waals surface area contributed by atoms with Crippen LogP contribution in [0.4, 0.5) is 4.79 Å². The van der Waals surface area contributed by atoms with Gasteiger partial charge in [0, 0.05) is 12.6 Å². The predicted octanol–water partition coefficient (Wildman–Crippen LogP) is 6.85. The molecule has 0 saturated heterocycles. The number of hydrogen-bond donors (Lipinski definition) is 2. The number of nitrogens with zero attached hydrogens (tertiary/aromatic N) is 1. The van der Waals surface area contributed by atoms with Gasteiger partial charge in [-0.15, -0.1) is 0 Å². The molecule has 0 aliphatic heterocycles. The van der Waals surface area contributed by atoms with E-state index in [1.54, 1.807) is 25.7 Å². The van der Waals surface area contributed by atoms with Crippen LogP contribution in [0.1, 0.15) is 117 Å². The fourth-order valence-corrected chi connectivity index (χ4v) is 4.55. The van der Waals surface area contributed by atoms with E-state index in [9.17, 15) is 14.4 Å². The molecule has 7 heteroatoms. The van der Waals surface area contributed by atoms with E-state index in [1.165, 1.54) is 0 Å². The van der Waals surface area contributed by atoms with E-state index in [4.69, 9.17) is 4.74 Å². The van der Waals surface area contributed by atoms with Crippen molar-refractivity contribution in [1.82, 2.24) is 15.5 Å². The van der Waals surface area contributed by atoms with Gasteiger partial charge >= 0.3 is 6.09 Å². The van der Waals surface area contributed by atoms with Crippen molar-refractivity contribution >= 4 is 17.9 Å². The van der Waals surface area contributed by atoms with Crippen molar-refractivity contribution in [2.75, 3.05) is 6.54 Å². The maximum absolute atomic E-state index is 14.6. The Balaban J connectivity index is 3.70. The second-order valence-corrected chi connectivity index (χ2v) is 12.5. The van der Waals surface area contributed by atoms with E-state index < -0.39 is 23.8 Å². The van der Waals surface area contributed by atoms with E-state index >= 15 is 0 Å². The monoisotopic (exact) mass is 545 g/mol. The van der Waals surface area contributed by atoms with Crippen molar-refractivity contribution in [3.05, 3.63) is 34.9 Å². The molecule has 0 heterocycles. The topological polar surface area (TPSA) is 87.7 Å². The minimum Gasteiger partial charge on any atom is -0.444 e. The van der Waals surface area contributed by atoms with Gasteiger partial charge in [-0.25, -0.2) is 4.79 Å².